The number of hydrogen-bond donors (Lipinski definition) is 1. The zero-order valence-electron chi connectivity index (χ0n) is 17.4. The highest BCUT2D eigenvalue weighted by molar-refractivity contribution is 6.01. The lowest BCUT2D eigenvalue weighted by Crippen LogP contribution is -2.42. The number of aromatic amines is 1. The molecule has 1 aromatic carbocycles. The summed E-state index contributed by atoms with van der Waals surface area (Å²) in [6.07, 6.45) is 4.55. The number of carbonyl (C=O) groups excluding carboxylic acids is 2. The minimum Gasteiger partial charge on any atom is -0.462 e. The molecule has 1 aliphatic carbocycles. The van der Waals surface area contributed by atoms with Crippen molar-refractivity contribution in [2.45, 2.75) is 44.6 Å². The third-order valence-corrected chi connectivity index (χ3v) is 5.81. The van der Waals surface area contributed by atoms with E-state index in [0.29, 0.717) is 24.1 Å². The van der Waals surface area contributed by atoms with Crippen LogP contribution in [0.4, 0.5) is 0 Å². The van der Waals surface area contributed by atoms with Crippen LogP contribution in [-0.4, -0.2) is 17.9 Å². The molecule has 0 spiro atoms. The average Bonchev–Trinajstić information content (AvgIpc) is 2.73. The summed E-state index contributed by atoms with van der Waals surface area (Å²) in [7, 11) is 0. The molecule has 0 saturated carbocycles. The largest absolute Gasteiger partial charge is 0.462 e. The molecule has 4 rings (SSSR count). The number of esters is 1. The van der Waals surface area contributed by atoms with Crippen LogP contribution in [0.25, 0.3) is 0 Å². The molecule has 0 fully saturated rings. The predicted octanol–water partition coefficient (Wildman–Crippen LogP) is 3.67. The summed E-state index contributed by atoms with van der Waals surface area (Å²) < 4.78 is 5.53. The van der Waals surface area contributed by atoms with Crippen LogP contribution < -0.4 is 10.3 Å². The minimum absolute atomic E-state index is 0.0707. The van der Waals surface area contributed by atoms with Gasteiger partial charge in [0.25, 0.3) is 0 Å². The first-order chi connectivity index (χ1) is 14.5. The fourth-order valence-electron chi connectivity index (χ4n) is 4.55. The lowest BCUT2D eigenvalue weighted by atomic mass is 9.69. The number of carbonyl (C=O) groups is 2. The van der Waals surface area contributed by atoms with Crippen LogP contribution in [0, 0.1) is 5.92 Å². The van der Waals surface area contributed by atoms with E-state index in [0.717, 1.165) is 16.8 Å². The van der Waals surface area contributed by atoms with E-state index in [1.165, 1.54) is 0 Å². The first kappa shape index (κ1) is 20.1. The number of pyridine rings is 1. The molecule has 2 heterocycles. The van der Waals surface area contributed by atoms with Gasteiger partial charge in [0.05, 0.1) is 6.10 Å². The van der Waals surface area contributed by atoms with E-state index in [1.54, 1.807) is 0 Å². The number of Topliss-reactive ketones (excluding diaryl/α,β-unsaturated/α-hetero) is 1. The Balaban J connectivity index is 1.78. The van der Waals surface area contributed by atoms with Gasteiger partial charge in [0.1, 0.15) is 5.92 Å². The topological polar surface area (TPSA) is 69.5 Å². The molecule has 2 aliphatic rings. The number of allylic oxidation sites excluding steroid dienone is 2. The molecule has 2 N–H and O–H groups in total. The smallest absolute Gasteiger partial charge is 0.316 e. The van der Waals surface area contributed by atoms with E-state index in [4.69, 9.17) is 4.74 Å². The van der Waals surface area contributed by atoms with Crippen molar-refractivity contribution in [1.29, 1.82) is 0 Å². The van der Waals surface area contributed by atoms with E-state index < -0.39 is 11.8 Å². The highest BCUT2D eigenvalue weighted by Crippen LogP contribution is 2.46. The number of ketones is 1. The molecule has 5 nitrogen and oxygen atoms in total. The first-order valence-electron chi connectivity index (χ1n) is 10.4. The normalized spacial score (nSPS) is 23.8. The van der Waals surface area contributed by atoms with Gasteiger partial charge in [-0.05, 0) is 37.8 Å². The molecule has 3 unspecified atom stereocenters. The summed E-state index contributed by atoms with van der Waals surface area (Å²) in [5, 5.41) is 3.31. The summed E-state index contributed by atoms with van der Waals surface area (Å²) >= 11 is 0. The third-order valence-electron chi connectivity index (χ3n) is 5.81. The van der Waals surface area contributed by atoms with E-state index in [-0.39, 0.29) is 23.8 Å². The Kier molecular flexibility index (Phi) is 5.53. The maximum absolute atomic E-state index is 13.4. The molecule has 1 aliphatic heterocycles. The van der Waals surface area contributed by atoms with Gasteiger partial charge in [-0.2, -0.15) is 0 Å². The van der Waals surface area contributed by atoms with Gasteiger partial charge in [-0.3, -0.25) is 9.59 Å². The maximum Gasteiger partial charge on any atom is 0.316 e. The molecule has 2 aromatic rings. The van der Waals surface area contributed by atoms with Crippen LogP contribution >= 0.6 is 0 Å². The summed E-state index contributed by atoms with van der Waals surface area (Å²) in [5.74, 6) is -1.25. The maximum atomic E-state index is 13.4. The number of H-pyrrole nitrogens is 1. The van der Waals surface area contributed by atoms with E-state index in [1.807, 2.05) is 56.6 Å². The molecule has 0 bridgehead atoms. The summed E-state index contributed by atoms with van der Waals surface area (Å²) in [5.41, 5.74) is 4.16. The molecular weight excluding hydrogens is 376 g/mol. The monoisotopic (exact) mass is 403 g/mol. The van der Waals surface area contributed by atoms with Gasteiger partial charge < -0.3 is 10.1 Å². The second-order valence-corrected chi connectivity index (χ2v) is 8.26. The number of benzene rings is 1. The van der Waals surface area contributed by atoms with Crippen molar-refractivity contribution in [1.82, 2.24) is 5.32 Å². The number of ether oxygens (including phenoxy) is 1. The van der Waals surface area contributed by atoms with Crippen LogP contribution in [0.15, 0.2) is 78.4 Å². The van der Waals surface area contributed by atoms with E-state index >= 15 is 0 Å². The molecule has 0 saturated heterocycles. The summed E-state index contributed by atoms with van der Waals surface area (Å²) in [4.78, 5) is 29.5. The Hall–Kier alpha value is -3.21. The fraction of sp³-hybridized carbons (Fsp3) is 0.320. The molecule has 0 amide bonds. The molecular formula is C25H27N2O3+. The van der Waals surface area contributed by atoms with Crippen LogP contribution in [0.5, 0.6) is 0 Å². The van der Waals surface area contributed by atoms with E-state index in [9.17, 15) is 9.59 Å². The first-order valence-corrected chi connectivity index (χ1v) is 10.4. The quantitative estimate of drug-likeness (QED) is 0.791. The Labute approximate surface area is 176 Å². The highest BCUT2D eigenvalue weighted by atomic mass is 16.5. The zero-order valence-corrected chi connectivity index (χ0v) is 17.4. The molecule has 1 aromatic heterocycles. The summed E-state index contributed by atoms with van der Waals surface area (Å²) in [6, 6.07) is 13.9. The highest BCUT2D eigenvalue weighted by Gasteiger charge is 2.46. The number of nitrogens with one attached hydrogen (secondary N) is 2. The third kappa shape index (κ3) is 3.80. The van der Waals surface area contributed by atoms with Crippen LogP contribution in [0.1, 0.15) is 49.7 Å². The summed E-state index contributed by atoms with van der Waals surface area (Å²) in [6.45, 7) is 7.79. The van der Waals surface area contributed by atoms with Crippen molar-refractivity contribution in [3.8, 4) is 0 Å². The standard InChI is InChI=1S/C25H26N2O3/c1-15(2)30-25(29)22-16(3)27-20-12-19(17-8-5-4-6-9-17)13-21(28)24(20)23(22)18-10-7-11-26-14-18/h4-11,14-15,19,22-23,27H,3,12-13H2,1-2H3/p+1. The number of aromatic nitrogens is 1. The van der Waals surface area contributed by atoms with Gasteiger partial charge in [-0.1, -0.05) is 36.9 Å². The van der Waals surface area contributed by atoms with Gasteiger partial charge in [-0.15, -0.1) is 0 Å². The number of hydrogen-bond acceptors (Lipinski definition) is 4. The Morgan fingerprint density at radius 2 is 1.87 bits per heavy atom. The van der Waals surface area contributed by atoms with Gasteiger partial charge in [0, 0.05) is 40.9 Å². The predicted molar refractivity (Wildman–Crippen MR) is 113 cm³/mol. The SMILES string of the molecule is C=C1NC2=C(C(=O)CC(c3ccccc3)C2)C(c2ccc[nH+]c2)C1C(=O)OC(C)C. The zero-order chi connectivity index (χ0) is 21.3. The minimum atomic E-state index is -0.654. The Morgan fingerprint density at radius 1 is 1.13 bits per heavy atom. The molecule has 30 heavy (non-hydrogen) atoms. The molecule has 154 valence electrons. The number of rotatable bonds is 4. The van der Waals surface area contributed by atoms with Gasteiger partial charge >= 0.3 is 5.97 Å². The molecule has 3 atom stereocenters. The van der Waals surface area contributed by atoms with Crippen molar-refractivity contribution in [2.75, 3.05) is 0 Å². The van der Waals surface area contributed by atoms with Crippen molar-refractivity contribution in [3.05, 3.63) is 89.5 Å². The second-order valence-electron chi connectivity index (χ2n) is 8.26. The Morgan fingerprint density at radius 3 is 2.53 bits per heavy atom. The average molecular weight is 404 g/mol. The lowest BCUT2D eigenvalue weighted by molar-refractivity contribution is -0.378. The Bertz CT molecular complexity index is 996. The van der Waals surface area contributed by atoms with Gasteiger partial charge in [-0.25, -0.2) is 4.98 Å². The van der Waals surface area contributed by atoms with Gasteiger partial charge in [0.2, 0.25) is 0 Å². The fourth-order valence-corrected chi connectivity index (χ4v) is 4.55. The van der Waals surface area contributed by atoms with Gasteiger partial charge in [0.15, 0.2) is 18.2 Å². The second kappa shape index (κ2) is 8.27. The molecule has 0 radical (unpaired) electrons. The molecule has 5 heteroatoms. The van der Waals surface area contributed by atoms with Crippen molar-refractivity contribution >= 4 is 11.8 Å². The van der Waals surface area contributed by atoms with E-state index in [2.05, 4.69) is 29.0 Å². The van der Waals surface area contributed by atoms with Crippen molar-refractivity contribution in [2.24, 2.45) is 5.92 Å². The van der Waals surface area contributed by atoms with Crippen LogP contribution in [-0.2, 0) is 14.3 Å². The van der Waals surface area contributed by atoms with Crippen molar-refractivity contribution in [3.63, 3.8) is 0 Å². The van der Waals surface area contributed by atoms with Crippen LogP contribution in [0.3, 0.4) is 0 Å². The van der Waals surface area contributed by atoms with Crippen LogP contribution in [0.2, 0.25) is 0 Å². The lowest BCUT2D eigenvalue weighted by Gasteiger charge is -2.39. The van der Waals surface area contributed by atoms with Crippen molar-refractivity contribution < 1.29 is 19.3 Å².